The molecule has 1 aromatic carbocycles. The molecule has 39 heavy (non-hydrogen) atoms. The molecule has 3 rings (SSSR count). The number of aliphatic hydroxyl groups is 2. The van der Waals surface area contributed by atoms with Gasteiger partial charge in [0.05, 0.1) is 28.6 Å². The van der Waals surface area contributed by atoms with E-state index in [2.05, 4.69) is 26.7 Å². The summed E-state index contributed by atoms with van der Waals surface area (Å²) in [5, 5.41) is 32.8. The van der Waals surface area contributed by atoms with E-state index in [1.54, 1.807) is 24.4 Å². The second-order valence-electron chi connectivity index (χ2n) is 9.87. The fraction of sp³-hybridized carbons (Fsp3) is 0.448. The number of hydrogen-bond donors (Lipinski definition) is 5. The summed E-state index contributed by atoms with van der Waals surface area (Å²) in [6.07, 6.45) is 2.60. The lowest BCUT2D eigenvalue weighted by molar-refractivity contribution is -0.120. The number of benzene rings is 1. The Balaban J connectivity index is 0.000000486. The van der Waals surface area contributed by atoms with Crippen LogP contribution in [0.1, 0.15) is 64.0 Å². The van der Waals surface area contributed by atoms with Gasteiger partial charge in [0.15, 0.2) is 6.29 Å². The summed E-state index contributed by atoms with van der Waals surface area (Å²) in [6, 6.07) is 11.9. The van der Waals surface area contributed by atoms with E-state index in [-0.39, 0.29) is 28.9 Å². The molecule has 0 radical (unpaired) electrons. The summed E-state index contributed by atoms with van der Waals surface area (Å²) in [4.78, 5) is 29.1. The monoisotopic (exact) mass is 541 g/mol. The normalized spacial score (nSPS) is 13.1. The second kappa shape index (κ2) is 16.5. The number of nitrogens with one attached hydrogen (secondary N) is 3. The van der Waals surface area contributed by atoms with Crippen molar-refractivity contribution >= 4 is 17.3 Å². The highest BCUT2D eigenvalue weighted by atomic mass is 19.1. The van der Waals surface area contributed by atoms with E-state index < -0.39 is 11.8 Å². The highest BCUT2D eigenvalue weighted by Crippen LogP contribution is 2.17. The van der Waals surface area contributed by atoms with Crippen molar-refractivity contribution in [1.29, 1.82) is 5.26 Å². The van der Waals surface area contributed by atoms with E-state index in [1.807, 2.05) is 33.9 Å². The van der Waals surface area contributed by atoms with Crippen LogP contribution in [-0.2, 0) is 11.2 Å². The quantitative estimate of drug-likeness (QED) is 0.204. The van der Waals surface area contributed by atoms with Gasteiger partial charge in [0.2, 0.25) is 0 Å². The molecule has 9 nitrogen and oxygen atoms in total. The molecular weight excluding hydrogens is 501 g/mol. The number of H-pyrrole nitrogens is 1. The molecule has 2 aromatic heterocycles. The minimum absolute atomic E-state index is 0.0890. The Morgan fingerprint density at radius 1 is 1.21 bits per heavy atom. The number of fused-ring (bicyclic) bond motifs is 1. The van der Waals surface area contributed by atoms with Gasteiger partial charge in [0, 0.05) is 18.8 Å². The van der Waals surface area contributed by atoms with Gasteiger partial charge in [-0.3, -0.25) is 15.1 Å². The summed E-state index contributed by atoms with van der Waals surface area (Å²) in [5.74, 6) is -0.128. The SMILES string of the molecule is CC(C)(O)C=O.CCC(C)NC(O)c1cc2ncc(Cc3ccc(F)cc3)cc2[nH]c1=O.CNCC(C)C#N. The molecule has 5 N–H and O–H groups in total. The molecule has 0 saturated carbocycles. The molecule has 0 spiro atoms. The Morgan fingerprint density at radius 3 is 2.31 bits per heavy atom. The molecule has 3 atom stereocenters. The number of aldehydes is 1. The zero-order valence-electron chi connectivity index (χ0n) is 23.5. The van der Waals surface area contributed by atoms with Crippen molar-refractivity contribution in [1.82, 2.24) is 20.6 Å². The minimum Gasteiger partial charge on any atom is -0.383 e. The number of rotatable bonds is 9. The fourth-order valence-electron chi connectivity index (χ4n) is 3.11. The molecule has 0 bridgehead atoms. The summed E-state index contributed by atoms with van der Waals surface area (Å²) in [7, 11) is 1.84. The maximum Gasteiger partial charge on any atom is 0.255 e. The van der Waals surface area contributed by atoms with E-state index in [1.165, 1.54) is 26.0 Å². The first-order valence-corrected chi connectivity index (χ1v) is 12.8. The average molecular weight is 542 g/mol. The Bertz CT molecular complexity index is 1270. The van der Waals surface area contributed by atoms with E-state index in [0.29, 0.717) is 23.7 Å². The Morgan fingerprint density at radius 2 is 1.82 bits per heavy atom. The van der Waals surface area contributed by atoms with Crippen molar-refractivity contribution in [2.24, 2.45) is 5.92 Å². The van der Waals surface area contributed by atoms with E-state index in [0.717, 1.165) is 24.1 Å². The molecule has 10 heteroatoms. The number of pyridine rings is 2. The van der Waals surface area contributed by atoms with Crippen LogP contribution in [0, 0.1) is 23.1 Å². The Hall–Kier alpha value is -3.49. The number of carbonyl (C=O) groups excluding carboxylic acids is 1. The van der Waals surface area contributed by atoms with Gasteiger partial charge in [-0.15, -0.1) is 0 Å². The number of nitriles is 1. The van der Waals surface area contributed by atoms with Crippen LogP contribution < -0.4 is 16.2 Å². The average Bonchev–Trinajstić information content (AvgIpc) is 2.89. The smallest absolute Gasteiger partial charge is 0.255 e. The van der Waals surface area contributed by atoms with Gasteiger partial charge in [0.1, 0.15) is 17.6 Å². The van der Waals surface area contributed by atoms with Crippen LogP contribution in [-0.4, -0.2) is 51.7 Å². The molecule has 0 saturated heterocycles. The molecule has 3 unspecified atom stereocenters. The number of aromatic nitrogens is 2. The minimum atomic E-state index is -1.14. The van der Waals surface area contributed by atoms with Crippen molar-refractivity contribution in [3.8, 4) is 6.07 Å². The lowest BCUT2D eigenvalue weighted by Gasteiger charge is -2.17. The molecule has 0 aliphatic carbocycles. The molecule has 0 aliphatic heterocycles. The standard InChI is InChI=1S/C20H22FN3O2.C5H10N2.C4H8O2/c1-3-12(2)23-19(25)16-10-17-18(24-20(16)26)9-14(11-22-17)8-13-4-6-15(21)7-5-13;1-5(3-6)4-7-2;1-4(2,6)3-5/h4-7,9-12,19,23,25H,3,8H2,1-2H3,(H,24,26);5,7H,4H2,1-2H3;3,6H,1-2H3. The molecule has 3 aromatic rings. The Labute approximate surface area is 229 Å². The van der Waals surface area contributed by atoms with Crippen LogP contribution in [0.2, 0.25) is 0 Å². The third-order valence-corrected chi connectivity index (χ3v) is 5.47. The van der Waals surface area contributed by atoms with E-state index in [4.69, 9.17) is 10.4 Å². The summed E-state index contributed by atoms with van der Waals surface area (Å²) in [5.41, 5.74) is 1.84. The van der Waals surface area contributed by atoms with Crippen molar-refractivity contribution in [2.75, 3.05) is 13.6 Å². The maximum absolute atomic E-state index is 13.0. The van der Waals surface area contributed by atoms with Gasteiger partial charge in [-0.2, -0.15) is 5.26 Å². The number of halogens is 1. The van der Waals surface area contributed by atoms with Crippen LogP contribution >= 0.6 is 0 Å². The summed E-state index contributed by atoms with van der Waals surface area (Å²) >= 11 is 0. The lowest BCUT2D eigenvalue weighted by Crippen LogP contribution is -2.33. The largest absolute Gasteiger partial charge is 0.383 e. The number of aliphatic hydroxyl groups excluding tert-OH is 1. The molecule has 0 fully saturated rings. The van der Waals surface area contributed by atoms with E-state index >= 15 is 0 Å². The van der Waals surface area contributed by atoms with Crippen LogP contribution in [0.3, 0.4) is 0 Å². The van der Waals surface area contributed by atoms with Crippen LogP contribution in [0.15, 0.2) is 47.4 Å². The number of nitrogens with zero attached hydrogens (tertiary/aromatic N) is 2. The number of carbonyl (C=O) groups is 1. The molecule has 0 amide bonds. The predicted molar refractivity (Wildman–Crippen MR) is 150 cm³/mol. The van der Waals surface area contributed by atoms with E-state index in [9.17, 15) is 19.1 Å². The van der Waals surface area contributed by atoms with Gasteiger partial charge in [-0.1, -0.05) is 19.1 Å². The first kappa shape index (κ1) is 33.5. The van der Waals surface area contributed by atoms with Crippen molar-refractivity contribution in [2.45, 2.75) is 65.3 Å². The third kappa shape index (κ3) is 12.7. The van der Waals surface area contributed by atoms with Crippen molar-refractivity contribution in [3.63, 3.8) is 0 Å². The zero-order valence-corrected chi connectivity index (χ0v) is 23.5. The number of hydrogen-bond acceptors (Lipinski definition) is 8. The maximum atomic E-state index is 13.0. The number of aromatic amines is 1. The highest BCUT2D eigenvalue weighted by Gasteiger charge is 2.15. The van der Waals surface area contributed by atoms with Crippen LogP contribution in [0.5, 0.6) is 0 Å². The van der Waals surface area contributed by atoms with Gasteiger partial charge < -0.3 is 25.3 Å². The van der Waals surface area contributed by atoms with Crippen LogP contribution in [0.25, 0.3) is 11.0 Å². The summed E-state index contributed by atoms with van der Waals surface area (Å²) < 4.78 is 13.0. The second-order valence-corrected chi connectivity index (χ2v) is 9.87. The predicted octanol–water partition coefficient (Wildman–Crippen LogP) is 3.35. The first-order chi connectivity index (χ1) is 18.3. The molecule has 0 aliphatic rings. The fourth-order valence-corrected chi connectivity index (χ4v) is 3.11. The Kier molecular flexibility index (Phi) is 14.2. The molecular formula is C29H40FN5O4. The highest BCUT2D eigenvalue weighted by molar-refractivity contribution is 5.75. The summed E-state index contributed by atoms with van der Waals surface area (Å²) in [6.45, 7) is 9.48. The topological polar surface area (TPSA) is 151 Å². The lowest BCUT2D eigenvalue weighted by atomic mass is 10.1. The van der Waals surface area contributed by atoms with Gasteiger partial charge in [-0.05, 0) is 83.0 Å². The zero-order chi connectivity index (χ0) is 29.6. The molecule has 212 valence electrons. The van der Waals surface area contributed by atoms with Gasteiger partial charge in [-0.25, -0.2) is 4.39 Å². The van der Waals surface area contributed by atoms with Crippen molar-refractivity contribution in [3.05, 3.63) is 75.5 Å². The molecule has 2 heterocycles. The van der Waals surface area contributed by atoms with Crippen LogP contribution in [0.4, 0.5) is 4.39 Å². The van der Waals surface area contributed by atoms with Crippen molar-refractivity contribution < 1.29 is 19.4 Å². The van der Waals surface area contributed by atoms with Gasteiger partial charge >= 0.3 is 0 Å². The first-order valence-electron chi connectivity index (χ1n) is 12.8. The van der Waals surface area contributed by atoms with Gasteiger partial charge in [0.25, 0.3) is 5.56 Å². The third-order valence-electron chi connectivity index (χ3n) is 5.47.